The van der Waals surface area contributed by atoms with Gasteiger partial charge in [0.2, 0.25) is 5.91 Å². The zero-order valence-electron chi connectivity index (χ0n) is 14.0. The van der Waals surface area contributed by atoms with Crippen molar-refractivity contribution in [3.05, 3.63) is 53.1 Å². The molecule has 0 aromatic heterocycles. The minimum absolute atomic E-state index is 0.000823. The van der Waals surface area contributed by atoms with Crippen LogP contribution in [0.1, 0.15) is 21.5 Å². The lowest BCUT2D eigenvalue weighted by Crippen LogP contribution is -2.24. The second-order valence-electron chi connectivity index (χ2n) is 5.47. The Morgan fingerprint density at radius 1 is 1.12 bits per heavy atom. The van der Waals surface area contributed by atoms with Gasteiger partial charge in [0.05, 0.1) is 24.9 Å². The first-order valence-corrected chi connectivity index (χ1v) is 7.50. The maximum Gasteiger partial charge on any atom is 0.251 e. The molecule has 0 aliphatic rings. The molecule has 2 amide bonds. The highest BCUT2D eigenvalue weighted by Crippen LogP contribution is 2.25. The Kier molecular flexibility index (Phi) is 5.42. The van der Waals surface area contributed by atoms with Crippen LogP contribution in [-0.2, 0) is 4.79 Å². The van der Waals surface area contributed by atoms with Gasteiger partial charge in [-0.3, -0.25) is 9.59 Å². The first-order valence-electron chi connectivity index (χ1n) is 7.50. The van der Waals surface area contributed by atoms with E-state index < -0.39 is 5.91 Å². The Morgan fingerprint density at radius 2 is 1.88 bits per heavy atom. The maximum absolute atomic E-state index is 12.2. The van der Waals surface area contributed by atoms with E-state index in [9.17, 15) is 9.59 Å². The number of aryl methyl sites for hydroxylation is 2. The van der Waals surface area contributed by atoms with Crippen LogP contribution in [0.15, 0.2) is 36.4 Å². The quantitative estimate of drug-likeness (QED) is 0.760. The summed E-state index contributed by atoms with van der Waals surface area (Å²) in [5, 5.41) is 5.75. The van der Waals surface area contributed by atoms with Crippen LogP contribution in [0.5, 0.6) is 5.75 Å². The van der Waals surface area contributed by atoms with Crippen molar-refractivity contribution in [1.29, 1.82) is 0 Å². The highest BCUT2D eigenvalue weighted by Gasteiger charge is 2.13. The third-order valence-corrected chi connectivity index (χ3v) is 3.59. The number of methoxy groups -OCH3 is 1. The molecule has 0 spiro atoms. The summed E-state index contributed by atoms with van der Waals surface area (Å²) in [6.07, 6.45) is 0. The predicted octanol–water partition coefficient (Wildman–Crippen LogP) is 2.46. The smallest absolute Gasteiger partial charge is 0.251 e. The molecular formula is C18H21N3O3. The number of amides is 2. The van der Waals surface area contributed by atoms with Crippen molar-refractivity contribution in [1.82, 2.24) is 0 Å². The number of benzene rings is 2. The third kappa shape index (κ3) is 4.04. The van der Waals surface area contributed by atoms with Gasteiger partial charge in [-0.2, -0.15) is 0 Å². The lowest BCUT2D eigenvalue weighted by molar-refractivity contribution is -0.114. The van der Waals surface area contributed by atoms with E-state index >= 15 is 0 Å². The lowest BCUT2D eigenvalue weighted by atomic mass is 10.1. The summed E-state index contributed by atoms with van der Waals surface area (Å²) in [7, 11) is 1.55. The number of primary amides is 1. The Bertz CT molecular complexity index is 772. The van der Waals surface area contributed by atoms with E-state index in [1.807, 2.05) is 19.1 Å². The van der Waals surface area contributed by atoms with Gasteiger partial charge in [-0.25, -0.2) is 0 Å². The number of nitrogens with one attached hydrogen (secondary N) is 2. The molecule has 4 N–H and O–H groups in total. The number of rotatable bonds is 6. The van der Waals surface area contributed by atoms with E-state index in [0.29, 0.717) is 22.7 Å². The van der Waals surface area contributed by atoms with Gasteiger partial charge in [0, 0.05) is 5.69 Å². The molecule has 0 heterocycles. The van der Waals surface area contributed by atoms with E-state index in [-0.39, 0.29) is 12.5 Å². The average molecular weight is 327 g/mol. The van der Waals surface area contributed by atoms with Crippen molar-refractivity contribution < 1.29 is 14.3 Å². The molecule has 6 heteroatoms. The van der Waals surface area contributed by atoms with Crippen LogP contribution < -0.4 is 21.1 Å². The largest absolute Gasteiger partial charge is 0.495 e. The van der Waals surface area contributed by atoms with Crippen molar-refractivity contribution in [3.63, 3.8) is 0 Å². The first-order chi connectivity index (χ1) is 11.4. The molecule has 0 aliphatic carbocycles. The number of nitrogens with two attached hydrogens (primary N) is 1. The van der Waals surface area contributed by atoms with Crippen LogP contribution in [-0.4, -0.2) is 25.5 Å². The molecule has 6 nitrogen and oxygen atoms in total. The van der Waals surface area contributed by atoms with Crippen molar-refractivity contribution in [2.75, 3.05) is 24.3 Å². The fraction of sp³-hybridized carbons (Fsp3) is 0.222. The molecule has 0 saturated heterocycles. The van der Waals surface area contributed by atoms with Gasteiger partial charge in [-0.15, -0.1) is 0 Å². The molecule has 0 aliphatic heterocycles. The molecule has 0 saturated carbocycles. The standard InChI is InChI=1S/C18H21N3O3/c1-11-7-8-15(24-3)14(9-11)21-16(22)10-20-13-6-4-5-12(2)17(13)18(19)23/h4-9,20H,10H2,1-3H3,(H2,19,23)(H,21,22). The van der Waals surface area contributed by atoms with E-state index in [4.69, 9.17) is 10.5 Å². The number of carbonyl (C=O) groups is 2. The molecule has 0 unspecified atom stereocenters. The van der Waals surface area contributed by atoms with Gasteiger partial charge in [0.15, 0.2) is 0 Å². The topological polar surface area (TPSA) is 93.4 Å². The van der Waals surface area contributed by atoms with Gasteiger partial charge < -0.3 is 21.1 Å². The SMILES string of the molecule is COc1ccc(C)cc1NC(=O)CNc1cccc(C)c1C(N)=O. The number of carbonyl (C=O) groups excluding carboxylic acids is 2. The molecule has 0 atom stereocenters. The average Bonchev–Trinajstić information content (AvgIpc) is 2.52. The molecule has 24 heavy (non-hydrogen) atoms. The molecule has 0 radical (unpaired) electrons. The van der Waals surface area contributed by atoms with Crippen LogP contribution >= 0.6 is 0 Å². The number of hydrogen-bond donors (Lipinski definition) is 3. The summed E-state index contributed by atoms with van der Waals surface area (Å²) in [6.45, 7) is 3.73. The third-order valence-electron chi connectivity index (χ3n) is 3.59. The molecule has 126 valence electrons. The van der Waals surface area contributed by atoms with Gasteiger partial charge in [-0.05, 0) is 43.2 Å². The summed E-state index contributed by atoms with van der Waals surface area (Å²) in [6, 6.07) is 10.8. The van der Waals surface area contributed by atoms with E-state index in [1.165, 1.54) is 0 Å². The minimum atomic E-state index is -0.531. The molecule has 0 bridgehead atoms. The minimum Gasteiger partial charge on any atom is -0.495 e. The molecule has 2 aromatic rings. The fourth-order valence-corrected chi connectivity index (χ4v) is 2.43. The van der Waals surface area contributed by atoms with Crippen LogP contribution in [0.25, 0.3) is 0 Å². The second kappa shape index (κ2) is 7.50. The summed E-state index contributed by atoms with van der Waals surface area (Å²) >= 11 is 0. The molecule has 2 rings (SSSR count). The fourth-order valence-electron chi connectivity index (χ4n) is 2.43. The zero-order chi connectivity index (χ0) is 17.7. The van der Waals surface area contributed by atoms with Crippen molar-refractivity contribution in [2.45, 2.75) is 13.8 Å². The van der Waals surface area contributed by atoms with Crippen molar-refractivity contribution >= 4 is 23.2 Å². The van der Waals surface area contributed by atoms with Gasteiger partial charge in [-0.1, -0.05) is 18.2 Å². The van der Waals surface area contributed by atoms with Gasteiger partial charge in [0.1, 0.15) is 5.75 Å². The maximum atomic E-state index is 12.2. The first kappa shape index (κ1) is 17.3. The lowest BCUT2D eigenvalue weighted by Gasteiger charge is -2.14. The summed E-state index contributed by atoms with van der Waals surface area (Å²) in [4.78, 5) is 23.8. The number of hydrogen-bond acceptors (Lipinski definition) is 4. The van der Waals surface area contributed by atoms with Gasteiger partial charge in [0.25, 0.3) is 5.91 Å². The predicted molar refractivity (Wildman–Crippen MR) is 94.5 cm³/mol. The van der Waals surface area contributed by atoms with E-state index in [2.05, 4.69) is 10.6 Å². The van der Waals surface area contributed by atoms with Gasteiger partial charge >= 0.3 is 0 Å². The van der Waals surface area contributed by atoms with E-state index in [1.54, 1.807) is 38.3 Å². The van der Waals surface area contributed by atoms with Crippen molar-refractivity contribution in [2.24, 2.45) is 5.73 Å². The molecule has 0 fully saturated rings. The number of ether oxygens (including phenoxy) is 1. The number of anilines is 2. The Balaban J connectivity index is 2.09. The monoisotopic (exact) mass is 327 g/mol. The van der Waals surface area contributed by atoms with Crippen LogP contribution in [0, 0.1) is 13.8 Å². The highest BCUT2D eigenvalue weighted by molar-refractivity contribution is 6.01. The van der Waals surface area contributed by atoms with Crippen LogP contribution in [0.2, 0.25) is 0 Å². The highest BCUT2D eigenvalue weighted by atomic mass is 16.5. The Hall–Kier alpha value is -3.02. The summed E-state index contributed by atoms with van der Waals surface area (Å²) in [5.41, 5.74) is 8.69. The normalized spacial score (nSPS) is 10.1. The van der Waals surface area contributed by atoms with E-state index in [0.717, 1.165) is 11.1 Å². The summed E-state index contributed by atoms with van der Waals surface area (Å²) < 4.78 is 5.23. The second-order valence-corrected chi connectivity index (χ2v) is 5.47. The Morgan fingerprint density at radius 3 is 2.54 bits per heavy atom. The Labute approximate surface area is 141 Å². The summed E-state index contributed by atoms with van der Waals surface area (Å²) in [5.74, 6) is -0.200. The molecule has 2 aromatic carbocycles. The van der Waals surface area contributed by atoms with Crippen LogP contribution in [0.4, 0.5) is 11.4 Å². The zero-order valence-corrected chi connectivity index (χ0v) is 14.0. The van der Waals surface area contributed by atoms with Crippen molar-refractivity contribution in [3.8, 4) is 5.75 Å². The molecular weight excluding hydrogens is 306 g/mol. The van der Waals surface area contributed by atoms with Crippen LogP contribution in [0.3, 0.4) is 0 Å².